The topological polar surface area (TPSA) is 52.3 Å². The second-order valence-corrected chi connectivity index (χ2v) is 5.09. The summed E-state index contributed by atoms with van der Waals surface area (Å²) in [5.41, 5.74) is 5.59. The van der Waals surface area contributed by atoms with Gasteiger partial charge in [-0.1, -0.05) is 0 Å². The monoisotopic (exact) mass is 299 g/mol. The van der Waals surface area contributed by atoms with Crippen molar-refractivity contribution in [2.24, 2.45) is 5.73 Å². The summed E-state index contributed by atoms with van der Waals surface area (Å²) in [7, 11) is 1.34. The minimum absolute atomic E-state index is 0. The Balaban J connectivity index is 0.00000169. The highest BCUT2D eigenvalue weighted by Gasteiger charge is 2.14. The molecule has 2 N–H and O–H groups in total. The molecule has 0 aliphatic heterocycles. The van der Waals surface area contributed by atoms with Crippen LogP contribution in [0.1, 0.15) is 4.88 Å². The first-order valence-corrected chi connectivity index (χ1v) is 5.32. The number of nitrogens with two attached hydrogens (primary N) is 1. The molecule has 80 valence electrons. The SMILES string of the molecule is COC(=O)[C@H](N)Cc1ccc(Br)s1.Cl. The van der Waals surface area contributed by atoms with Crippen molar-refractivity contribution in [2.45, 2.75) is 12.5 Å². The van der Waals surface area contributed by atoms with Crippen LogP contribution in [0, 0.1) is 0 Å². The molecule has 1 rings (SSSR count). The van der Waals surface area contributed by atoms with Gasteiger partial charge in [0.2, 0.25) is 0 Å². The third-order valence-corrected chi connectivity index (χ3v) is 3.20. The summed E-state index contributed by atoms with van der Waals surface area (Å²) < 4.78 is 5.56. The van der Waals surface area contributed by atoms with E-state index in [2.05, 4.69) is 20.7 Å². The molecule has 1 aromatic heterocycles. The van der Waals surface area contributed by atoms with Crippen LogP contribution in [0.3, 0.4) is 0 Å². The van der Waals surface area contributed by atoms with Crippen molar-refractivity contribution in [2.75, 3.05) is 7.11 Å². The number of halogens is 2. The molecule has 0 fully saturated rings. The first-order valence-electron chi connectivity index (χ1n) is 3.71. The van der Waals surface area contributed by atoms with E-state index in [1.165, 1.54) is 7.11 Å². The van der Waals surface area contributed by atoms with E-state index < -0.39 is 6.04 Å². The summed E-state index contributed by atoms with van der Waals surface area (Å²) in [6.07, 6.45) is 0.531. The second kappa shape index (κ2) is 6.40. The number of carbonyl (C=O) groups excluding carboxylic acids is 1. The lowest BCUT2D eigenvalue weighted by atomic mass is 10.2. The fraction of sp³-hybridized carbons (Fsp3) is 0.375. The number of ether oxygens (including phenoxy) is 1. The first kappa shape index (κ1) is 13.9. The van der Waals surface area contributed by atoms with Crippen molar-refractivity contribution in [3.05, 3.63) is 20.8 Å². The lowest BCUT2D eigenvalue weighted by Crippen LogP contribution is -2.33. The van der Waals surface area contributed by atoms with E-state index in [4.69, 9.17) is 5.73 Å². The van der Waals surface area contributed by atoms with Gasteiger partial charge in [0.1, 0.15) is 6.04 Å². The van der Waals surface area contributed by atoms with Crippen molar-refractivity contribution in [3.8, 4) is 0 Å². The van der Waals surface area contributed by atoms with E-state index in [0.717, 1.165) is 8.66 Å². The van der Waals surface area contributed by atoms with Crippen LogP contribution in [0.5, 0.6) is 0 Å². The van der Waals surface area contributed by atoms with Gasteiger partial charge < -0.3 is 10.5 Å². The molecule has 1 atom stereocenters. The quantitative estimate of drug-likeness (QED) is 0.869. The third kappa shape index (κ3) is 3.96. The molecule has 0 saturated heterocycles. The average Bonchev–Trinajstić information content (AvgIpc) is 2.49. The van der Waals surface area contributed by atoms with E-state index in [1.54, 1.807) is 11.3 Å². The molecule has 0 bridgehead atoms. The fourth-order valence-electron chi connectivity index (χ4n) is 0.913. The highest BCUT2D eigenvalue weighted by atomic mass is 79.9. The lowest BCUT2D eigenvalue weighted by molar-refractivity contribution is -0.142. The smallest absolute Gasteiger partial charge is 0.323 e. The number of thiophene rings is 1. The van der Waals surface area contributed by atoms with Crippen molar-refractivity contribution in [1.29, 1.82) is 0 Å². The van der Waals surface area contributed by atoms with Crippen molar-refractivity contribution in [1.82, 2.24) is 0 Å². The minimum atomic E-state index is -0.560. The molecular formula is C8H11BrClNO2S. The van der Waals surface area contributed by atoms with E-state index in [1.807, 2.05) is 12.1 Å². The van der Waals surface area contributed by atoms with Gasteiger partial charge in [-0.25, -0.2) is 0 Å². The molecule has 0 radical (unpaired) electrons. The van der Waals surface area contributed by atoms with E-state index in [-0.39, 0.29) is 18.4 Å². The summed E-state index contributed by atoms with van der Waals surface area (Å²) in [6, 6.07) is 3.32. The van der Waals surface area contributed by atoms with E-state index in [9.17, 15) is 4.79 Å². The number of methoxy groups -OCH3 is 1. The summed E-state index contributed by atoms with van der Waals surface area (Å²) in [5.74, 6) is -0.371. The Labute approximate surface area is 101 Å². The summed E-state index contributed by atoms with van der Waals surface area (Å²) in [4.78, 5) is 12.0. The van der Waals surface area contributed by atoms with E-state index >= 15 is 0 Å². The molecule has 1 aromatic rings. The summed E-state index contributed by atoms with van der Waals surface area (Å²) >= 11 is 4.91. The number of rotatable bonds is 3. The predicted molar refractivity (Wildman–Crippen MR) is 63.0 cm³/mol. The van der Waals surface area contributed by atoms with Crippen LogP contribution < -0.4 is 5.73 Å². The Kier molecular flexibility index (Phi) is 6.35. The van der Waals surface area contributed by atoms with Gasteiger partial charge in [0.05, 0.1) is 10.9 Å². The average molecular weight is 301 g/mol. The molecule has 0 amide bonds. The molecule has 0 aliphatic rings. The zero-order valence-electron chi connectivity index (χ0n) is 7.53. The van der Waals surface area contributed by atoms with E-state index in [0.29, 0.717) is 6.42 Å². The highest BCUT2D eigenvalue weighted by Crippen LogP contribution is 2.22. The van der Waals surface area contributed by atoms with Crippen LogP contribution in [-0.4, -0.2) is 19.1 Å². The highest BCUT2D eigenvalue weighted by molar-refractivity contribution is 9.11. The van der Waals surface area contributed by atoms with Gasteiger partial charge in [-0.2, -0.15) is 0 Å². The molecule has 0 saturated carbocycles. The van der Waals surface area contributed by atoms with Crippen molar-refractivity contribution < 1.29 is 9.53 Å². The van der Waals surface area contributed by atoms with Crippen LogP contribution in [0.15, 0.2) is 15.9 Å². The number of carbonyl (C=O) groups is 1. The number of hydrogen-bond acceptors (Lipinski definition) is 4. The largest absolute Gasteiger partial charge is 0.468 e. The minimum Gasteiger partial charge on any atom is -0.468 e. The van der Waals surface area contributed by atoms with Crippen molar-refractivity contribution in [3.63, 3.8) is 0 Å². The molecule has 0 aliphatic carbocycles. The predicted octanol–water partition coefficient (Wildman–Crippen LogP) is 1.98. The van der Waals surface area contributed by atoms with Gasteiger partial charge in [-0.3, -0.25) is 4.79 Å². The van der Waals surface area contributed by atoms with Gasteiger partial charge >= 0.3 is 5.97 Å². The molecule has 3 nitrogen and oxygen atoms in total. The van der Waals surface area contributed by atoms with Crippen LogP contribution in [-0.2, 0) is 16.0 Å². The molecule has 6 heteroatoms. The normalized spacial score (nSPS) is 11.6. The van der Waals surface area contributed by atoms with Gasteiger partial charge in [0, 0.05) is 11.3 Å². The maximum absolute atomic E-state index is 11.0. The molecule has 0 unspecified atom stereocenters. The Bertz CT molecular complexity index is 305. The Morgan fingerprint density at radius 1 is 1.71 bits per heavy atom. The molecule has 0 aromatic carbocycles. The van der Waals surface area contributed by atoms with Gasteiger partial charge in [0.25, 0.3) is 0 Å². The number of esters is 1. The van der Waals surface area contributed by atoms with Crippen molar-refractivity contribution >= 4 is 45.6 Å². The standard InChI is InChI=1S/C8H10BrNO2S.ClH/c1-12-8(11)6(10)4-5-2-3-7(9)13-5;/h2-3,6H,4,10H2,1H3;1H/t6-;/m1./s1. The van der Waals surface area contributed by atoms with Crippen LogP contribution >= 0.6 is 39.7 Å². The second-order valence-electron chi connectivity index (χ2n) is 2.54. The Hall–Kier alpha value is -0.100. The summed E-state index contributed by atoms with van der Waals surface area (Å²) in [5, 5.41) is 0. The molecular weight excluding hydrogens is 290 g/mol. The molecule has 14 heavy (non-hydrogen) atoms. The van der Waals surface area contributed by atoms with Crippen LogP contribution in [0.2, 0.25) is 0 Å². The maximum atomic E-state index is 11.0. The zero-order valence-corrected chi connectivity index (χ0v) is 10.7. The van der Waals surface area contributed by atoms with Crippen LogP contribution in [0.4, 0.5) is 0 Å². The van der Waals surface area contributed by atoms with Crippen LogP contribution in [0.25, 0.3) is 0 Å². The van der Waals surface area contributed by atoms with Gasteiger partial charge in [-0.05, 0) is 28.1 Å². The zero-order chi connectivity index (χ0) is 9.84. The van der Waals surface area contributed by atoms with Gasteiger partial charge in [0.15, 0.2) is 0 Å². The summed E-state index contributed by atoms with van der Waals surface area (Å²) in [6.45, 7) is 0. The number of hydrogen-bond donors (Lipinski definition) is 1. The lowest BCUT2D eigenvalue weighted by Gasteiger charge is -2.06. The molecule has 0 spiro atoms. The molecule has 1 heterocycles. The Morgan fingerprint density at radius 2 is 2.36 bits per heavy atom. The first-order chi connectivity index (χ1) is 6.13. The fourth-order valence-corrected chi connectivity index (χ4v) is 2.45. The van der Waals surface area contributed by atoms with Gasteiger partial charge in [-0.15, -0.1) is 23.7 Å². The third-order valence-electron chi connectivity index (χ3n) is 1.55. The Morgan fingerprint density at radius 3 is 2.79 bits per heavy atom. The maximum Gasteiger partial charge on any atom is 0.323 e.